The van der Waals surface area contributed by atoms with Gasteiger partial charge in [-0.3, -0.25) is 0 Å². The van der Waals surface area contributed by atoms with Crippen LogP contribution < -0.4 is 5.32 Å². The van der Waals surface area contributed by atoms with E-state index in [-0.39, 0.29) is 11.9 Å². The van der Waals surface area contributed by atoms with Crippen molar-refractivity contribution in [1.29, 1.82) is 0 Å². The molecule has 1 unspecified atom stereocenters. The molecule has 0 bridgehead atoms. The van der Waals surface area contributed by atoms with E-state index in [9.17, 15) is 13.2 Å². The number of benzene rings is 2. The van der Waals surface area contributed by atoms with Gasteiger partial charge in [-0.25, -0.2) is 23.1 Å². The van der Waals surface area contributed by atoms with E-state index in [0.717, 1.165) is 44.6 Å². The van der Waals surface area contributed by atoms with Crippen molar-refractivity contribution in [3.63, 3.8) is 0 Å². The highest BCUT2D eigenvalue weighted by molar-refractivity contribution is 5.90. The second-order valence-corrected chi connectivity index (χ2v) is 7.81. The minimum atomic E-state index is -0.914. The summed E-state index contributed by atoms with van der Waals surface area (Å²) in [4.78, 5) is 11.4. The zero-order valence-corrected chi connectivity index (χ0v) is 18.7. The zero-order valence-electron chi connectivity index (χ0n) is 18.7. The molecule has 0 spiro atoms. The molecule has 7 heteroatoms. The predicted octanol–water partition coefficient (Wildman–Crippen LogP) is 6.14. The highest BCUT2D eigenvalue weighted by atomic mass is 19.2. The summed E-state index contributed by atoms with van der Waals surface area (Å²) < 4.78 is 40.5. The lowest BCUT2D eigenvalue weighted by atomic mass is 10.1. The van der Waals surface area contributed by atoms with Gasteiger partial charge in [0.1, 0.15) is 11.6 Å². The average Bonchev–Trinajstić information content (AvgIpc) is 2.78. The van der Waals surface area contributed by atoms with Crippen LogP contribution in [0.3, 0.4) is 0 Å². The molecule has 0 saturated carbocycles. The molecule has 4 nitrogen and oxygen atoms in total. The first-order valence-electron chi connectivity index (χ1n) is 11.0. The number of aromatic nitrogens is 2. The Kier molecular flexibility index (Phi) is 8.22. The van der Waals surface area contributed by atoms with Crippen LogP contribution >= 0.6 is 0 Å². The number of halogens is 3. The number of anilines is 1. The number of fused-ring (bicyclic) bond motifs is 1. The molecule has 0 saturated heterocycles. The number of hydrogen-bond donors (Lipinski definition) is 1. The van der Waals surface area contributed by atoms with Crippen molar-refractivity contribution in [2.45, 2.75) is 39.7 Å². The van der Waals surface area contributed by atoms with Gasteiger partial charge in [0.15, 0.2) is 17.5 Å². The van der Waals surface area contributed by atoms with Crippen LogP contribution in [0.1, 0.15) is 45.0 Å². The van der Waals surface area contributed by atoms with Gasteiger partial charge < -0.3 is 10.2 Å². The van der Waals surface area contributed by atoms with Crippen molar-refractivity contribution in [1.82, 2.24) is 14.9 Å². The lowest BCUT2D eigenvalue weighted by molar-refractivity contribution is 0.295. The molecule has 1 N–H and O–H groups in total. The summed E-state index contributed by atoms with van der Waals surface area (Å²) in [6, 6.07) is 8.18. The maximum atomic E-state index is 13.9. The fourth-order valence-corrected chi connectivity index (χ4v) is 3.56. The fraction of sp³-hybridized carbons (Fsp3) is 0.360. The Morgan fingerprint density at radius 1 is 0.969 bits per heavy atom. The number of rotatable bonds is 10. The van der Waals surface area contributed by atoms with E-state index in [4.69, 9.17) is 0 Å². The molecule has 0 radical (unpaired) electrons. The molecular formula is C25H29F3N4. The van der Waals surface area contributed by atoms with Crippen LogP contribution in [0.25, 0.3) is 23.1 Å². The highest BCUT2D eigenvalue weighted by Gasteiger charge is 2.11. The quantitative estimate of drug-likeness (QED) is 0.409. The Balaban J connectivity index is 1.81. The van der Waals surface area contributed by atoms with Gasteiger partial charge in [0, 0.05) is 11.4 Å². The van der Waals surface area contributed by atoms with Crippen molar-refractivity contribution in [2.24, 2.45) is 0 Å². The molecule has 32 heavy (non-hydrogen) atoms. The van der Waals surface area contributed by atoms with Crippen LogP contribution in [0.5, 0.6) is 0 Å². The molecule has 0 aliphatic rings. The molecule has 1 aromatic heterocycles. The van der Waals surface area contributed by atoms with E-state index in [1.54, 1.807) is 18.2 Å². The largest absolute Gasteiger partial charge is 0.367 e. The van der Waals surface area contributed by atoms with Crippen molar-refractivity contribution < 1.29 is 13.2 Å². The topological polar surface area (TPSA) is 41.0 Å². The van der Waals surface area contributed by atoms with Crippen LogP contribution in [0.2, 0.25) is 0 Å². The molecule has 0 aliphatic carbocycles. The second-order valence-electron chi connectivity index (χ2n) is 7.81. The Bertz CT molecular complexity index is 1080. The van der Waals surface area contributed by atoms with Crippen molar-refractivity contribution in [3.8, 4) is 0 Å². The second kappa shape index (κ2) is 11.1. The van der Waals surface area contributed by atoms with Gasteiger partial charge in [0.25, 0.3) is 0 Å². The minimum Gasteiger partial charge on any atom is -0.367 e. The maximum Gasteiger partial charge on any atom is 0.159 e. The molecule has 0 aliphatic heterocycles. The SMILES string of the molecule is CCN(CC)CCCC(C)Nc1nc(C=Cc2ccc(F)c(F)c2)nc2ccc(F)cc12. The summed E-state index contributed by atoms with van der Waals surface area (Å²) in [5.74, 6) is -1.22. The molecule has 0 fully saturated rings. The molecule has 0 amide bonds. The van der Waals surface area contributed by atoms with Gasteiger partial charge in [-0.1, -0.05) is 26.0 Å². The number of nitrogens with zero attached hydrogens (tertiary/aromatic N) is 3. The third-order valence-corrected chi connectivity index (χ3v) is 5.43. The summed E-state index contributed by atoms with van der Waals surface area (Å²) >= 11 is 0. The molecule has 2 aromatic carbocycles. The van der Waals surface area contributed by atoms with E-state index in [0.29, 0.717) is 28.1 Å². The first-order valence-corrected chi connectivity index (χ1v) is 11.0. The molecule has 170 valence electrons. The van der Waals surface area contributed by atoms with Crippen LogP contribution in [-0.4, -0.2) is 40.5 Å². The van der Waals surface area contributed by atoms with Crippen LogP contribution in [0, 0.1) is 17.5 Å². The van der Waals surface area contributed by atoms with Gasteiger partial charge in [0.2, 0.25) is 0 Å². The first-order chi connectivity index (χ1) is 15.4. The Labute approximate surface area is 187 Å². The first kappa shape index (κ1) is 23.7. The Morgan fingerprint density at radius 2 is 1.75 bits per heavy atom. The monoisotopic (exact) mass is 442 g/mol. The van der Waals surface area contributed by atoms with Gasteiger partial charge in [-0.05, 0) is 81.4 Å². The van der Waals surface area contributed by atoms with Gasteiger partial charge in [0.05, 0.1) is 5.52 Å². The predicted molar refractivity (Wildman–Crippen MR) is 125 cm³/mol. The summed E-state index contributed by atoms with van der Waals surface area (Å²) in [5.41, 5.74) is 1.09. The summed E-state index contributed by atoms with van der Waals surface area (Å²) in [6.07, 6.45) is 5.23. The number of nitrogens with one attached hydrogen (secondary N) is 1. The van der Waals surface area contributed by atoms with E-state index in [1.807, 2.05) is 0 Å². The van der Waals surface area contributed by atoms with Crippen molar-refractivity contribution in [3.05, 3.63) is 65.2 Å². The summed E-state index contributed by atoms with van der Waals surface area (Å²) in [7, 11) is 0. The van der Waals surface area contributed by atoms with E-state index in [2.05, 4.69) is 41.0 Å². The molecule has 1 heterocycles. The fourth-order valence-electron chi connectivity index (χ4n) is 3.56. The molecule has 1 atom stereocenters. The lowest BCUT2D eigenvalue weighted by Crippen LogP contribution is -2.25. The number of hydrogen-bond acceptors (Lipinski definition) is 4. The van der Waals surface area contributed by atoms with E-state index < -0.39 is 11.6 Å². The molecule has 3 rings (SSSR count). The minimum absolute atomic E-state index is 0.134. The summed E-state index contributed by atoms with van der Waals surface area (Å²) in [5, 5.41) is 4.00. The Morgan fingerprint density at radius 3 is 2.47 bits per heavy atom. The van der Waals surface area contributed by atoms with Gasteiger partial charge >= 0.3 is 0 Å². The van der Waals surface area contributed by atoms with Gasteiger partial charge in [-0.2, -0.15) is 0 Å². The van der Waals surface area contributed by atoms with Crippen molar-refractivity contribution >= 4 is 28.9 Å². The molecule has 3 aromatic rings. The third kappa shape index (κ3) is 6.29. The smallest absolute Gasteiger partial charge is 0.159 e. The lowest BCUT2D eigenvalue weighted by Gasteiger charge is -2.20. The maximum absolute atomic E-state index is 13.9. The normalized spacial score (nSPS) is 12.7. The highest BCUT2D eigenvalue weighted by Crippen LogP contribution is 2.24. The van der Waals surface area contributed by atoms with E-state index >= 15 is 0 Å². The summed E-state index contributed by atoms with van der Waals surface area (Å²) in [6.45, 7) is 9.47. The molecular weight excluding hydrogens is 413 g/mol. The standard InChI is InChI=1S/C25H29F3N4/c1-4-32(5-2)14-6-7-17(3)29-25-20-16-19(26)10-12-23(20)30-24(31-25)13-9-18-8-11-21(27)22(28)15-18/h8-13,15-17H,4-7,14H2,1-3H3,(H,29,30,31). The van der Waals surface area contributed by atoms with Crippen LogP contribution in [0.15, 0.2) is 36.4 Å². The van der Waals surface area contributed by atoms with Crippen LogP contribution in [0.4, 0.5) is 19.0 Å². The van der Waals surface area contributed by atoms with Crippen LogP contribution in [-0.2, 0) is 0 Å². The average molecular weight is 443 g/mol. The van der Waals surface area contributed by atoms with E-state index in [1.165, 1.54) is 18.2 Å². The Hall–Kier alpha value is -2.93. The van der Waals surface area contributed by atoms with Crippen molar-refractivity contribution in [2.75, 3.05) is 25.0 Å². The van der Waals surface area contributed by atoms with Gasteiger partial charge in [-0.15, -0.1) is 0 Å². The zero-order chi connectivity index (χ0) is 23.1. The third-order valence-electron chi connectivity index (χ3n) is 5.43.